The van der Waals surface area contributed by atoms with Crippen molar-refractivity contribution < 1.29 is 19.1 Å². The monoisotopic (exact) mass is 452 g/mol. The van der Waals surface area contributed by atoms with Crippen molar-refractivity contribution in [1.29, 1.82) is 0 Å². The van der Waals surface area contributed by atoms with E-state index in [4.69, 9.17) is 14.3 Å². The number of hydrogen-bond acceptors (Lipinski definition) is 5. The van der Waals surface area contributed by atoms with Gasteiger partial charge in [0.25, 0.3) is 5.56 Å². The van der Waals surface area contributed by atoms with Crippen molar-refractivity contribution in [2.75, 3.05) is 7.11 Å². The highest BCUT2D eigenvalue weighted by Crippen LogP contribution is 2.39. The second kappa shape index (κ2) is 12.2. The van der Waals surface area contributed by atoms with Gasteiger partial charge in [-0.15, -0.1) is 0 Å². The Morgan fingerprint density at radius 3 is 2.67 bits per heavy atom. The van der Waals surface area contributed by atoms with E-state index in [0.29, 0.717) is 23.3 Å². The van der Waals surface area contributed by atoms with Crippen LogP contribution >= 0.6 is 0 Å². The number of allylic oxidation sites excluding steroid dienone is 1. The maximum atomic E-state index is 12.4. The number of ether oxygens (including phenoxy) is 1. The molecule has 1 unspecified atom stereocenters. The van der Waals surface area contributed by atoms with Gasteiger partial charge < -0.3 is 19.2 Å². The summed E-state index contributed by atoms with van der Waals surface area (Å²) in [5, 5.41) is 8.74. The summed E-state index contributed by atoms with van der Waals surface area (Å²) >= 11 is 0. The van der Waals surface area contributed by atoms with Gasteiger partial charge in [-0.1, -0.05) is 62.6 Å². The highest BCUT2D eigenvalue weighted by atomic mass is 16.5. The Bertz CT molecular complexity index is 1130. The second-order valence-electron chi connectivity index (χ2n) is 8.15. The third-order valence-corrected chi connectivity index (χ3v) is 5.79. The molecule has 0 radical (unpaired) electrons. The first-order valence-electron chi connectivity index (χ1n) is 11.5. The maximum Gasteiger partial charge on any atom is 0.303 e. The van der Waals surface area contributed by atoms with Crippen molar-refractivity contribution in [2.45, 2.75) is 64.4 Å². The highest BCUT2D eigenvalue weighted by Gasteiger charge is 2.25. The number of aromatic amines is 1. The molecule has 1 aromatic carbocycles. The normalized spacial score (nSPS) is 15.6. The summed E-state index contributed by atoms with van der Waals surface area (Å²) in [5.74, 6) is 0.0306. The van der Waals surface area contributed by atoms with Crippen LogP contribution in [-0.4, -0.2) is 34.3 Å². The van der Waals surface area contributed by atoms with E-state index in [0.717, 1.165) is 55.2 Å². The molecular weight excluding hydrogens is 420 g/mol. The van der Waals surface area contributed by atoms with Gasteiger partial charge >= 0.3 is 5.97 Å². The van der Waals surface area contributed by atoms with E-state index in [1.54, 1.807) is 7.11 Å². The molecule has 176 valence electrons. The predicted molar refractivity (Wildman–Crippen MR) is 129 cm³/mol. The van der Waals surface area contributed by atoms with Gasteiger partial charge in [-0.05, 0) is 31.3 Å². The fourth-order valence-electron chi connectivity index (χ4n) is 4.00. The zero-order valence-corrected chi connectivity index (χ0v) is 19.3. The van der Waals surface area contributed by atoms with Crippen LogP contribution in [0.4, 0.5) is 0 Å². The van der Waals surface area contributed by atoms with E-state index in [-0.39, 0.29) is 11.7 Å². The number of fused-ring (bicyclic) bond motifs is 1. The standard InChI is InChI=1S/C19H18N2O3.C7H14O2/c1-23-14-9-7-12(8-10-14)15-16-18(22)20-11-21-19(16)24-17(15)13-5-3-2-4-6-13;1-2-3-4-5-6-7(8)9/h2-7,11,14H,8-10H2,1H3,(H,20,21,22);2-6H2,1H3,(H,8,9). The van der Waals surface area contributed by atoms with E-state index < -0.39 is 5.97 Å². The zero-order valence-electron chi connectivity index (χ0n) is 19.3. The van der Waals surface area contributed by atoms with E-state index in [1.807, 2.05) is 30.3 Å². The fraction of sp³-hybridized carbons (Fsp3) is 0.423. The molecule has 1 aliphatic carbocycles. The number of carbonyl (C=O) groups is 1. The molecule has 0 saturated carbocycles. The lowest BCUT2D eigenvalue weighted by Crippen LogP contribution is -2.14. The third-order valence-electron chi connectivity index (χ3n) is 5.79. The van der Waals surface area contributed by atoms with Gasteiger partial charge in [-0.2, -0.15) is 0 Å². The first-order chi connectivity index (χ1) is 16.0. The Labute approximate surface area is 193 Å². The van der Waals surface area contributed by atoms with Crippen molar-refractivity contribution in [3.05, 3.63) is 58.7 Å². The molecule has 3 aromatic rings. The maximum absolute atomic E-state index is 12.4. The molecule has 0 spiro atoms. The lowest BCUT2D eigenvalue weighted by molar-refractivity contribution is -0.137. The van der Waals surface area contributed by atoms with E-state index in [2.05, 4.69) is 23.0 Å². The second-order valence-corrected chi connectivity index (χ2v) is 8.15. The van der Waals surface area contributed by atoms with E-state index >= 15 is 0 Å². The molecule has 4 rings (SSSR count). The molecule has 0 fully saturated rings. The van der Waals surface area contributed by atoms with Gasteiger partial charge in [0, 0.05) is 24.7 Å². The van der Waals surface area contributed by atoms with Crippen molar-refractivity contribution in [2.24, 2.45) is 0 Å². The Kier molecular flexibility index (Phi) is 9.01. The van der Waals surface area contributed by atoms with Crippen LogP contribution in [0.3, 0.4) is 0 Å². The summed E-state index contributed by atoms with van der Waals surface area (Å²) in [6, 6.07) is 9.84. The average molecular weight is 453 g/mol. The molecule has 1 aliphatic rings. The number of unbranched alkanes of at least 4 members (excludes halogenated alkanes) is 3. The number of aromatic nitrogens is 2. The fourth-order valence-corrected chi connectivity index (χ4v) is 4.00. The number of H-pyrrole nitrogens is 1. The summed E-state index contributed by atoms with van der Waals surface area (Å²) in [6.45, 7) is 2.11. The number of benzene rings is 1. The molecule has 7 heteroatoms. The molecular formula is C26H32N2O5. The lowest BCUT2D eigenvalue weighted by atomic mass is 9.89. The number of rotatable bonds is 8. The van der Waals surface area contributed by atoms with Gasteiger partial charge in [0.05, 0.1) is 12.4 Å². The van der Waals surface area contributed by atoms with Crippen LogP contribution in [-0.2, 0) is 9.53 Å². The minimum absolute atomic E-state index is 0.171. The minimum Gasteiger partial charge on any atom is -0.481 e. The SMILES string of the molecule is CCCCCCC(=O)O.COC1CC=C(c2c(-c3ccccc3)oc3nc[nH]c(=O)c23)CC1. The molecule has 0 amide bonds. The topological polar surface area (TPSA) is 105 Å². The largest absolute Gasteiger partial charge is 0.481 e. The average Bonchev–Trinajstić information content (AvgIpc) is 3.24. The van der Waals surface area contributed by atoms with Crippen molar-refractivity contribution in [1.82, 2.24) is 9.97 Å². The molecule has 0 bridgehead atoms. The first kappa shape index (κ1) is 24.5. The number of carboxylic acids is 1. The number of aliphatic carboxylic acids is 1. The number of nitrogens with one attached hydrogen (secondary N) is 1. The summed E-state index contributed by atoms with van der Waals surface area (Å²) < 4.78 is 11.4. The molecule has 1 atom stereocenters. The zero-order chi connectivity index (χ0) is 23.6. The molecule has 2 aromatic heterocycles. The van der Waals surface area contributed by atoms with Crippen LogP contribution in [0, 0.1) is 0 Å². The van der Waals surface area contributed by atoms with Gasteiger partial charge in [0.1, 0.15) is 11.1 Å². The number of methoxy groups -OCH3 is 1. The smallest absolute Gasteiger partial charge is 0.303 e. The van der Waals surface area contributed by atoms with Crippen molar-refractivity contribution in [3.8, 4) is 11.3 Å². The van der Waals surface area contributed by atoms with Crippen LogP contribution < -0.4 is 5.56 Å². The molecule has 2 N–H and O–H groups in total. The lowest BCUT2D eigenvalue weighted by Gasteiger charge is -2.20. The number of carboxylic acid groups (broad SMARTS) is 1. The summed E-state index contributed by atoms with van der Waals surface area (Å²) in [4.78, 5) is 29.2. The Morgan fingerprint density at radius 2 is 2.03 bits per heavy atom. The van der Waals surface area contributed by atoms with Crippen LogP contribution in [0.5, 0.6) is 0 Å². The number of furan rings is 1. The number of hydrogen-bond donors (Lipinski definition) is 2. The van der Waals surface area contributed by atoms with Gasteiger partial charge in [0.2, 0.25) is 5.71 Å². The number of nitrogens with zero attached hydrogens (tertiary/aromatic N) is 1. The molecule has 2 heterocycles. The molecule has 7 nitrogen and oxygen atoms in total. The van der Waals surface area contributed by atoms with E-state index in [9.17, 15) is 9.59 Å². The van der Waals surface area contributed by atoms with Crippen LogP contribution in [0.1, 0.15) is 63.9 Å². The summed E-state index contributed by atoms with van der Waals surface area (Å²) in [7, 11) is 1.74. The minimum atomic E-state index is -0.675. The predicted octanol–water partition coefficient (Wildman–Crippen LogP) is 5.81. The van der Waals surface area contributed by atoms with Gasteiger partial charge in [0.15, 0.2) is 0 Å². The molecule has 0 aliphatic heterocycles. The van der Waals surface area contributed by atoms with Crippen molar-refractivity contribution >= 4 is 22.6 Å². The van der Waals surface area contributed by atoms with E-state index in [1.165, 1.54) is 12.7 Å². The quantitative estimate of drug-likeness (QED) is 0.418. The van der Waals surface area contributed by atoms with Gasteiger partial charge in [-0.3, -0.25) is 9.59 Å². The van der Waals surface area contributed by atoms with Crippen LogP contribution in [0.15, 0.2) is 51.9 Å². The highest BCUT2D eigenvalue weighted by molar-refractivity contribution is 5.96. The Hall–Kier alpha value is -3.19. The summed E-state index contributed by atoms with van der Waals surface area (Å²) in [5.41, 5.74) is 3.14. The Morgan fingerprint density at radius 1 is 1.24 bits per heavy atom. The Balaban J connectivity index is 0.000000292. The molecule has 0 saturated heterocycles. The summed E-state index contributed by atoms with van der Waals surface area (Å²) in [6.07, 6.45) is 10.9. The molecule has 33 heavy (non-hydrogen) atoms. The van der Waals surface area contributed by atoms with Crippen molar-refractivity contribution in [3.63, 3.8) is 0 Å². The van der Waals surface area contributed by atoms with Gasteiger partial charge in [-0.25, -0.2) is 4.98 Å². The van der Waals surface area contributed by atoms with Crippen LogP contribution in [0.2, 0.25) is 0 Å². The van der Waals surface area contributed by atoms with Crippen LogP contribution in [0.25, 0.3) is 28.0 Å². The first-order valence-corrected chi connectivity index (χ1v) is 11.5. The third kappa shape index (κ3) is 6.42.